The van der Waals surface area contributed by atoms with Gasteiger partial charge in [0, 0.05) is 5.56 Å². The molecule has 0 spiro atoms. The van der Waals surface area contributed by atoms with Gasteiger partial charge < -0.3 is 15.2 Å². The minimum absolute atomic E-state index is 0.0233. The Morgan fingerprint density at radius 3 is 2.31 bits per heavy atom. The average molecular weight is 563 g/mol. The number of piperazine rings is 1. The quantitative estimate of drug-likeness (QED) is 0.456. The first-order chi connectivity index (χ1) is 18.2. The minimum Gasteiger partial charge on any atom is -0.497 e. The molecule has 2 N–H and O–H groups in total. The Morgan fingerprint density at radius 1 is 1.10 bits per heavy atom. The van der Waals surface area contributed by atoms with E-state index in [0.717, 1.165) is 0 Å². The number of sulfonamides is 1. The van der Waals surface area contributed by atoms with Crippen LogP contribution in [0.25, 0.3) is 0 Å². The van der Waals surface area contributed by atoms with E-state index in [0.29, 0.717) is 17.7 Å². The lowest BCUT2D eigenvalue weighted by atomic mass is 10.0. The van der Waals surface area contributed by atoms with E-state index in [-0.39, 0.29) is 42.6 Å². The van der Waals surface area contributed by atoms with E-state index in [1.165, 1.54) is 19.2 Å². The zero-order valence-corrected chi connectivity index (χ0v) is 24.4. The highest BCUT2D eigenvalue weighted by Crippen LogP contribution is 2.34. The molecule has 1 aliphatic rings. The molecule has 0 aliphatic carbocycles. The van der Waals surface area contributed by atoms with Crippen LogP contribution < -0.4 is 10.5 Å². The van der Waals surface area contributed by atoms with Gasteiger partial charge in [0.05, 0.1) is 19.7 Å². The number of primary amides is 1. The lowest BCUT2D eigenvalue weighted by molar-refractivity contribution is -1.01. The van der Waals surface area contributed by atoms with Gasteiger partial charge in [-0.25, -0.2) is 4.79 Å². The Kier molecular flexibility index (Phi) is 9.30. The number of quaternary nitrogens is 1. The molecule has 214 valence electrons. The van der Waals surface area contributed by atoms with E-state index in [4.69, 9.17) is 20.0 Å². The van der Waals surface area contributed by atoms with E-state index < -0.39 is 37.7 Å². The van der Waals surface area contributed by atoms with Crippen LogP contribution >= 0.6 is 0 Å². The summed E-state index contributed by atoms with van der Waals surface area (Å²) in [6.07, 6.45) is 0.0466. The van der Waals surface area contributed by atoms with Gasteiger partial charge in [0.25, 0.3) is 0 Å². The van der Waals surface area contributed by atoms with Crippen LogP contribution in [0.4, 0.5) is 4.79 Å². The molecule has 1 aliphatic heterocycles. The molecule has 1 fully saturated rings. The number of nitrogens with zero attached hydrogens (tertiary/aromatic N) is 2. The van der Waals surface area contributed by atoms with Gasteiger partial charge in [-0.1, -0.05) is 36.1 Å². The fraction of sp³-hybridized carbons (Fsp3) is 0.500. The maximum Gasteiger partial charge on any atom is 0.410 e. The Labute approximate surface area is 231 Å². The molecule has 10 nitrogen and oxygen atoms in total. The molecule has 1 saturated heterocycles. The van der Waals surface area contributed by atoms with Gasteiger partial charge in [0.1, 0.15) is 35.9 Å². The molecule has 2 aromatic rings. The van der Waals surface area contributed by atoms with Crippen LogP contribution in [0.3, 0.4) is 0 Å². The number of ether oxygens (including phenoxy) is 2. The van der Waals surface area contributed by atoms with E-state index in [2.05, 4.69) is 0 Å². The number of methoxy groups -OCH3 is 1. The monoisotopic (exact) mass is 562 g/mol. The van der Waals surface area contributed by atoms with E-state index in [1.54, 1.807) is 62.1 Å². The topological polar surface area (TPSA) is 125 Å². The highest BCUT2D eigenvalue weighted by molar-refractivity contribution is 7.85. The third kappa shape index (κ3) is 7.09. The van der Waals surface area contributed by atoms with Crippen LogP contribution in [0.15, 0.2) is 53.4 Å². The molecule has 39 heavy (non-hydrogen) atoms. The van der Waals surface area contributed by atoms with Crippen molar-refractivity contribution in [3.63, 3.8) is 0 Å². The van der Waals surface area contributed by atoms with Crippen LogP contribution in [0.5, 0.6) is 5.75 Å². The molecule has 0 saturated carbocycles. The molecular weight excluding hydrogens is 522 g/mol. The normalized spacial score (nSPS) is 20.1. The Balaban J connectivity index is 2.06. The van der Waals surface area contributed by atoms with Crippen molar-refractivity contribution in [1.29, 1.82) is 0 Å². The maximum absolute atomic E-state index is 14.3. The molecule has 3 rings (SSSR count). The molecule has 1 heterocycles. The van der Waals surface area contributed by atoms with Crippen molar-refractivity contribution >= 4 is 22.0 Å². The third-order valence-electron chi connectivity index (χ3n) is 6.52. The zero-order valence-electron chi connectivity index (χ0n) is 23.5. The number of hydroxylamine groups is 2. The first kappa shape index (κ1) is 30.4. The summed E-state index contributed by atoms with van der Waals surface area (Å²) in [6, 6.07) is 12.3. The summed E-state index contributed by atoms with van der Waals surface area (Å²) in [5, 5.41) is 0. The second kappa shape index (κ2) is 11.9. The summed E-state index contributed by atoms with van der Waals surface area (Å²) in [5.41, 5.74) is 5.58. The number of hydrogen-bond acceptors (Lipinski definition) is 7. The molecular formula is C28H40N3O7S+. The smallest absolute Gasteiger partial charge is 0.410 e. The number of hydrogen-bond donors (Lipinski definition) is 1. The number of nitrogens with two attached hydrogens (primary N) is 1. The van der Waals surface area contributed by atoms with Crippen molar-refractivity contribution in [3.05, 3.63) is 59.7 Å². The second-order valence-electron chi connectivity index (χ2n) is 11.1. The van der Waals surface area contributed by atoms with Crippen LogP contribution in [0, 0.1) is 5.92 Å². The molecule has 0 bridgehead atoms. The molecule has 0 aromatic heterocycles. The molecule has 0 radical (unpaired) electrons. The fourth-order valence-electron chi connectivity index (χ4n) is 4.68. The van der Waals surface area contributed by atoms with Crippen molar-refractivity contribution in [1.82, 2.24) is 4.90 Å². The number of amides is 2. The average Bonchev–Trinajstić information content (AvgIpc) is 2.86. The summed E-state index contributed by atoms with van der Waals surface area (Å²) < 4.78 is 38.6. The Morgan fingerprint density at radius 2 is 1.74 bits per heavy atom. The van der Waals surface area contributed by atoms with Crippen molar-refractivity contribution in [3.8, 4) is 5.75 Å². The van der Waals surface area contributed by atoms with Crippen molar-refractivity contribution < 1.29 is 36.4 Å². The molecule has 11 heteroatoms. The molecule has 1 unspecified atom stereocenters. The van der Waals surface area contributed by atoms with Gasteiger partial charge in [-0.15, -0.1) is 0 Å². The lowest BCUT2D eigenvalue weighted by Crippen LogP contribution is -2.66. The van der Waals surface area contributed by atoms with Crippen LogP contribution in [-0.2, 0) is 26.2 Å². The summed E-state index contributed by atoms with van der Waals surface area (Å²) in [5.74, 6) is 0.0506. The highest BCUT2D eigenvalue weighted by Gasteiger charge is 2.53. The van der Waals surface area contributed by atoms with E-state index in [9.17, 15) is 18.0 Å². The fourth-order valence-corrected chi connectivity index (χ4v) is 6.42. The maximum atomic E-state index is 14.3. The van der Waals surface area contributed by atoms with Gasteiger partial charge in [-0.2, -0.15) is 13.3 Å². The predicted molar refractivity (Wildman–Crippen MR) is 146 cm³/mol. The van der Waals surface area contributed by atoms with Gasteiger partial charge >= 0.3 is 16.1 Å². The van der Waals surface area contributed by atoms with E-state index >= 15 is 0 Å². The SMILES string of the molecule is COc1ccc(S(=O)(=O)[N+]2(OCc3ccccc3C(N)=O)CCN(C(=O)OC(C)(C)C)[C@H](CC(C)C)C2)cc1. The lowest BCUT2D eigenvalue weighted by Gasteiger charge is -2.45. The van der Waals surface area contributed by atoms with Gasteiger partial charge in [-0.05, 0) is 69.0 Å². The summed E-state index contributed by atoms with van der Waals surface area (Å²) in [6.45, 7) is 9.26. The van der Waals surface area contributed by atoms with Gasteiger partial charge in [0.2, 0.25) is 5.91 Å². The number of benzene rings is 2. The molecule has 2 atom stereocenters. The minimum atomic E-state index is -4.14. The van der Waals surface area contributed by atoms with Crippen LogP contribution in [-0.4, -0.2) is 67.8 Å². The first-order valence-corrected chi connectivity index (χ1v) is 14.4. The summed E-state index contributed by atoms with van der Waals surface area (Å²) >= 11 is 0. The molecule has 2 aromatic carbocycles. The van der Waals surface area contributed by atoms with Crippen molar-refractivity contribution in [2.75, 3.05) is 26.7 Å². The standard InChI is InChI=1S/C28H39N3O7S/c1-20(2)17-22-18-31(16-15-30(22)27(33)38-28(3,4)5,37-19-21-9-7-8-10-25(21)26(29)32)39(34,35)24-13-11-23(36-6)12-14-24/h7-14,20,22H,15-19H2,1-6H3,(H-,29,32)/p+1/t22-,31?/m1/s1. The summed E-state index contributed by atoms with van der Waals surface area (Å²) in [4.78, 5) is 33.1. The van der Waals surface area contributed by atoms with Gasteiger partial charge in [0.15, 0.2) is 0 Å². The third-order valence-corrected chi connectivity index (χ3v) is 8.70. The van der Waals surface area contributed by atoms with Gasteiger partial charge in [-0.3, -0.25) is 9.69 Å². The summed E-state index contributed by atoms with van der Waals surface area (Å²) in [7, 11) is -2.64. The molecule has 2 amide bonds. The van der Waals surface area contributed by atoms with Crippen molar-refractivity contribution in [2.45, 2.75) is 64.2 Å². The van der Waals surface area contributed by atoms with E-state index in [1.807, 2.05) is 13.8 Å². The number of rotatable bonds is 9. The van der Waals surface area contributed by atoms with Crippen LogP contribution in [0.2, 0.25) is 0 Å². The highest BCUT2D eigenvalue weighted by atomic mass is 32.2. The largest absolute Gasteiger partial charge is 0.497 e. The number of carbonyl (C=O) groups excluding carboxylic acids is 2. The number of carbonyl (C=O) groups is 2. The van der Waals surface area contributed by atoms with Crippen LogP contribution in [0.1, 0.15) is 57.0 Å². The Bertz CT molecular complexity index is 1270. The zero-order chi connectivity index (χ0) is 29.0. The van der Waals surface area contributed by atoms with Crippen molar-refractivity contribution in [2.24, 2.45) is 11.7 Å². The second-order valence-corrected chi connectivity index (χ2v) is 13.2. The first-order valence-electron chi connectivity index (χ1n) is 13.0. The predicted octanol–water partition coefficient (Wildman–Crippen LogP) is 4.10. The Hall–Kier alpha value is -3.15.